The Labute approximate surface area is 79.8 Å². The number of nitrogens with zero attached hydrogens (tertiary/aromatic N) is 1. The first kappa shape index (κ1) is 10.2. The number of aliphatic hydroxyl groups is 1. The van der Waals surface area contributed by atoms with E-state index in [9.17, 15) is 5.11 Å². The minimum atomic E-state index is -0.406. The minimum Gasteiger partial charge on any atom is -0.387 e. The standard InChI is InChI=1S/C11H17NO/c1-9(12(2)3)11(13)10-7-5-4-6-8-10/h4-9,11,13H,1-3H3/t9?,11-/m1/s1. The Kier molecular flexibility index (Phi) is 3.46. The van der Waals surface area contributed by atoms with Crippen molar-refractivity contribution in [2.75, 3.05) is 14.1 Å². The Hall–Kier alpha value is -0.860. The summed E-state index contributed by atoms with van der Waals surface area (Å²) >= 11 is 0. The van der Waals surface area contributed by atoms with Gasteiger partial charge in [0, 0.05) is 6.04 Å². The van der Waals surface area contributed by atoms with Crippen LogP contribution in [-0.2, 0) is 0 Å². The normalized spacial score (nSPS) is 15.8. The number of rotatable bonds is 3. The fraction of sp³-hybridized carbons (Fsp3) is 0.455. The van der Waals surface area contributed by atoms with Gasteiger partial charge in [-0.25, -0.2) is 0 Å². The first-order valence-electron chi connectivity index (χ1n) is 4.52. The van der Waals surface area contributed by atoms with Gasteiger partial charge in [-0.1, -0.05) is 30.3 Å². The predicted molar refractivity (Wildman–Crippen MR) is 54.6 cm³/mol. The number of hydrogen-bond donors (Lipinski definition) is 1. The first-order valence-corrected chi connectivity index (χ1v) is 4.52. The van der Waals surface area contributed by atoms with Gasteiger partial charge in [0.15, 0.2) is 0 Å². The second-order valence-electron chi connectivity index (χ2n) is 3.56. The molecule has 13 heavy (non-hydrogen) atoms. The van der Waals surface area contributed by atoms with Crippen molar-refractivity contribution < 1.29 is 5.11 Å². The molecule has 0 saturated heterocycles. The highest BCUT2D eigenvalue weighted by Gasteiger charge is 2.17. The van der Waals surface area contributed by atoms with E-state index in [-0.39, 0.29) is 6.04 Å². The SMILES string of the molecule is CC([C@@H](O)c1ccccc1)N(C)C. The molecule has 0 aromatic heterocycles. The average molecular weight is 179 g/mol. The van der Waals surface area contributed by atoms with Gasteiger partial charge in [-0.3, -0.25) is 0 Å². The number of likely N-dealkylation sites (N-methyl/N-ethyl adjacent to an activating group) is 1. The summed E-state index contributed by atoms with van der Waals surface area (Å²) in [4.78, 5) is 2.01. The molecule has 0 amide bonds. The number of hydrogen-bond acceptors (Lipinski definition) is 2. The van der Waals surface area contributed by atoms with E-state index >= 15 is 0 Å². The molecular formula is C11H17NO. The molecule has 2 heteroatoms. The molecule has 1 aromatic carbocycles. The Morgan fingerprint density at radius 3 is 2.15 bits per heavy atom. The van der Waals surface area contributed by atoms with E-state index in [4.69, 9.17) is 0 Å². The van der Waals surface area contributed by atoms with E-state index < -0.39 is 6.10 Å². The molecule has 0 heterocycles. The van der Waals surface area contributed by atoms with Gasteiger partial charge >= 0.3 is 0 Å². The lowest BCUT2D eigenvalue weighted by atomic mass is 10.0. The van der Waals surface area contributed by atoms with E-state index in [2.05, 4.69) is 0 Å². The summed E-state index contributed by atoms with van der Waals surface area (Å²) < 4.78 is 0. The van der Waals surface area contributed by atoms with E-state index in [1.165, 1.54) is 0 Å². The van der Waals surface area contributed by atoms with Crippen LogP contribution in [0.5, 0.6) is 0 Å². The highest BCUT2D eigenvalue weighted by atomic mass is 16.3. The Bertz CT molecular complexity index is 246. The molecule has 0 spiro atoms. The zero-order chi connectivity index (χ0) is 9.84. The predicted octanol–water partition coefficient (Wildman–Crippen LogP) is 1.67. The lowest BCUT2D eigenvalue weighted by Gasteiger charge is -2.25. The lowest BCUT2D eigenvalue weighted by molar-refractivity contribution is 0.0858. The average Bonchev–Trinajstić information content (AvgIpc) is 2.17. The van der Waals surface area contributed by atoms with E-state index in [1.807, 2.05) is 56.3 Å². The molecule has 0 aliphatic carbocycles. The van der Waals surface area contributed by atoms with E-state index in [0.717, 1.165) is 5.56 Å². The third-order valence-electron chi connectivity index (χ3n) is 2.41. The summed E-state index contributed by atoms with van der Waals surface area (Å²) in [7, 11) is 3.94. The van der Waals surface area contributed by atoms with Gasteiger partial charge in [-0.2, -0.15) is 0 Å². The molecule has 2 atom stereocenters. The fourth-order valence-electron chi connectivity index (χ4n) is 1.21. The van der Waals surface area contributed by atoms with Crippen molar-refractivity contribution in [2.24, 2.45) is 0 Å². The molecule has 72 valence electrons. The van der Waals surface area contributed by atoms with Crippen molar-refractivity contribution in [3.05, 3.63) is 35.9 Å². The summed E-state index contributed by atoms with van der Waals surface area (Å²) in [6.07, 6.45) is -0.406. The molecular weight excluding hydrogens is 162 g/mol. The van der Waals surface area contributed by atoms with Crippen molar-refractivity contribution in [3.8, 4) is 0 Å². The van der Waals surface area contributed by atoms with Gasteiger partial charge in [-0.05, 0) is 26.6 Å². The summed E-state index contributed by atoms with van der Waals surface area (Å²) in [6.45, 7) is 2.01. The maximum atomic E-state index is 9.92. The van der Waals surface area contributed by atoms with Gasteiger partial charge in [0.2, 0.25) is 0 Å². The topological polar surface area (TPSA) is 23.5 Å². The van der Waals surface area contributed by atoms with Crippen molar-refractivity contribution in [3.63, 3.8) is 0 Å². The van der Waals surface area contributed by atoms with Crippen LogP contribution in [0.1, 0.15) is 18.6 Å². The first-order chi connectivity index (χ1) is 6.13. The van der Waals surface area contributed by atoms with E-state index in [1.54, 1.807) is 0 Å². The summed E-state index contributed by atoms with van der Waals surface area (Å²) in [5.41, 5.74) is 0.976. The van der Waals surface area contributed by atoms with Crippen molar-refractivity contribution in [1.29, 1.82) is 0 Å². The van der Waals surface area contributed by atoms with Crippen LogP contribution >= 0.6 is 0 Å². The van der Waals surface area contributed by atoms with Crippen LogP contribution in [0.15, 0.2) is 30.3 Å². The Balaban J connectivity index is 2.73. The molecule has 0 radical (unpaired) electrons. The van der Waals surface area contributed by atoms with E-state index in [0.29, 0.717) is 0 Å². The zero-order valence-electron chi connectivity index (χ0n) is 8.44. The maximum absolute atomic E-state index is 9.92. The zero-order valence-corrected chi connectivity index (χ0v) is 8.44. The third kappa shape index (κ3) is 2.54. The highest BCUT2D eigenvalue weighted by molar-refractivity contribution is 5.18. The van der Waals surface area contributed by atoms with Crippen LogP contribution in [0, 0.1) is 0 Å². The van der Waals surface area contributed by atoms with Gasteiger partial charge in [-0.15, -0.1) is 0 Å². The van der Waals surface area contributed by atoms with Crippen LogP contribution in [0.2, 0.25) is 0 Å². The van der Waals surface area contributed by atoms with Crippen LogP contribution in [0.4, 0.5) is 0 Å². The Morgan fingerprint density at radius 1 is 1.15 bits per heavy atom. The summed E-state index contributed by atoms with van der Waals surface area (Å²) in [5.74, 6) is 0. The summed E-state index contributed by atoms with van der Waals surface area (Å²) in [6, 6.07) is 9.88. The lowest BCUT2D eigenvalue weighted by Crippen LogP contribution is -2.30. The van der Waals surface area contributed by atoms with Crippen molar-refractivity contribution >= 4 is 0 Å². The highest BCUT2D eigenvalue weighted by Crippen LogP contribution is 2.18. The van der Waals surface area contributed by atoms with Gasteiger partial charge in [0.25, 0.3) is 0 Å². The van der Waals surface area contributed by atoms with Crippen LogP contribution in [-0.4, -0.2) is 30.1 Å². The van der Waals surface area contributed by atoms with Gasteiger partial charge < -0.3 is 10.0 Å². The molecule has 2 nitrogen and oxygen atoms in total. The second kappa shape index (κ2) is 4.40. The third-order valence-corrected chi connectivity index (χ3v) is 2.41. The Morgan fingerprint density at radius 2 is 1.69 bits per heavy atom. The molecule has 1 aromatic rings. The van der Waals surface area contributed by atoms with Gasteiger partial charge in [0.1, 0.15) is 0 Å². The molecule has 0 fully saturated rings. The molecule has 0 aliphatic heterocycles. The van der Waals surface area contributed by atoms with Crippen molar-refractivity contribution in [1.82, 2.24) is 4.90 Å². The van der Waals surface area contributed by atoms with Gasteiger partial charge in [0.05, 0.1) is 6.10 Å². The fourth-order valence-corrected chi connectivity index (χ4v) is 1.21. The molecule has 1 N–H and O–H groups in total. The maximum Gasteiger partial charge on any atom is 0.0942 e. The quantitative estimate of drug-likeness (QED) is 0.763. The molecule has 0 aliphatic rings. The largest absolute Gasteiger partial charge is 0.387 e. The van der Waals surface area contributed by atoms with Crippen molar-refractivity contribution in [2.45, 2.75) is 19.1 Å². The number of benzene rings is 1. The molecule has 0 saturated carbocycles. The smallest absolute Gasteiger partial charge is 0.0942 e. The van der Waals surface area contributed by atoms with Crippen LogP contribution in [0.25, 0.3) is 0 Å². The molecule has 0 bridgehead atoms. The summed E-state index contributed by atoms with van der Waals surface area (Å²) in [5, 5.41) is 9.92. The monoisotopic (exact) mass is 179 g/mol. The number of aliphatic hydroxyl groups excluding tert-OH is 1. The minimum absolute atomic E-state index is 0.141. The van der Waals surface area contributed by atoms with Crippen LogP contribution < -0.4 is 0 Å². The molecule has 1 rings (SSSR count). The second-order valence-corrected chi connectivity index (χ2v) is 3.56. The van der Waals surface area contributed by atoms with Crippen LogP contribution in [0.3, 0.4) is 0 Å². The molecule has 1 unspecified atom stereocenters.